The molecular weight excluding hydrogens is 244 g/mol. The Hall–Kier alpha value is -2.62. The third-order valence-electron chi connectivity index (χ3n) is 2.78. The lowest BCUT2D eigenvalue weighted by atomic mass is 9.98. The molecule has 0 atom stereocenters. The number of hydrogen-bond donors (Lipinski definition) is 1. The smallest absolute Gasteiger partial charge is 0.197 e. The molecule has 4 nitrogen and oxygen atoms in total. The molecule has 0 bridgehead atoms. The van der Waals surface area contributed by atoms with Crippen LogP contribution in [0.1, 0.15) is 26.3 Å². The standard InChI is InChI=1S/C15H12O4/c1-19-11-6-7-14(17)13(8-11)15(18)12-5-3-2-4-10(12)9-16/h2-9,17H,1H3. The summed E-state index contributed by atoms with van der Waals surface area (Å²) in [5.74, 6) is -0.102. The Balaban J connectivity index is 2.52. The Morgan fingerprint density at radius 1 is 1.16 bits per heavy atom. The molecule has 0 aromatic heterocycles. The number of phenols is 1. The summed E-state index contributed by atoms with van der Waals surface area (Å²) in [4.78, 5) is 23.3. The zero-order valence-electron chi connectivity index (χ0n) is 10.3. The first-order chi connectivity index (χ1) is 9.17. The molecule has 2 rings (SSSR count). The first-order valence-corrected chi connectivity index (χ1v) is 5.63. The van der Waals surface area contributed by atoms with Gasteiger partial charge in [-0.15, -0.1) is 0 Å². The maximum Gasteiger partial charge on any atom is 0.197 e. The van der Waals surface area contributed by atoms with Crippen LogP contribution < -0.4 is 4.74 Å². The molecule has 0 saturated heterocycles. The molecule has 2 aromatic carbocycles. The van der Waals surface area contributed by atoms with E-state index in [-0.39, 0.29) is 22.4 Å². The minimum absolute atomic E-state index is 0.105. The highest BCUT2D eigenvalue weighted by Gasteiger charge is 2.17. The van der Waals surface area contributed by atoms with Gasteiger partial charge in [0, 0.05) is 11.1 Å². The fourth-order valence-corrected chi connectivity index (χ4v) is 1.78. The van der Waals surface area contributed by atoms with E-state index in [4.69, 9.17) is 4.74 Å². The molecule has 96 valence electrons. The summed E-state index contributed by atoms with van der Waals surface area (Å²) in [5.41, 5.74) is 0.643. The van der Waals surface area contributed by atoms with Gasteiger partial charge in [-0.05, 0) is 18.2 Å². The van der Waals surface area contributed by atoms with Crippen LogP contribution in [0.4, 0.5) is 0 Å². The lowest BCUT2D eigenvalue weighted by Crippen LogP contribution is -2.05. The van der Waals surface area contributed by atoms with Crippen molar-refractivity contribution >= 4 is 12.1 Å². The van der Waals surface area contributed by atoms with E-state index in [0.717, 1.165) is 0 Å². The average molecular weight is 256 g/mol. The molecule has 0 spiro atoms. The summed E-state index contributed by atoms with van der Waals surface area (Å²) >= 11 is 0. The average Bonchev–Trinajstić information content (AvgIpc) is 2.47. The predicted octanol–water partition coefficient (Wildman–Crippen LogP) is 2.44. The van der Waals surface area contributed by atoms with Crippen LogP contribution in [0.5, 0.6) is 11.5 Å². The normalized spacial score (nSPS) is 9.95. The van der Waals surface area contributed by atoms with Crippen molar-refractivity contribution in [2.24, 2.45) is 0 Å². The van der Waals surface area contributed by atoms with Crippen molar-refractivity contribution in [1.82, 2.24) is 0 Å². The van der Waals surface area contributed by atoms with Gasteiger partial charge in [-0.3, -0.25) is 9.59 Å². The number of aromatic hydroxyl groups is 1. The van der Waals surface area contributed by atoms with Crippen LogP contribution in [0, 0.1) is 0 Å². The van der Waals surface area contributed by atoms with Crippen molar-refractivity contribution in [2.45, 2.75) is 0 Å². The van der Waals surface area contributed by atoms with Crippen LogP contribution in [-0.2, 0) is 0 Å². The highest BCUT2D eigenvalue weighted by atomic mass is 16.5. The first kappa shape index (κ1) is 12.8. The van der Waals surface area contributed by atoms with Crippen molar-refractivity contribution in [1.29, 1.82) is 0 Å². The van der Waals surface area contributed by atoms with Crippen molar-refractivity contribution in [3.8, 4) is 11.5 Å². The Morgan fingerprint density at radius 3 is 2.58 bits per heavy atom. The molecule has 0 aliphatic rings. The molecule has 0 amide bonds. The van der Waals surface area contributed by atoms with Gasteiger partial charge in [0.1, 0.15) is 11.5 Å². The number of benzene rings is 2. The lowest BCUT2D eigenvalue weighted by Gasteiger charge is -2.08. The van der Waals surface area contributed by atoms with Gasteiger partial charge < -0.3 is 9.84 Å². The second-order valence-electron chi connectivity index (χ2n) is 3.92. The summed E-state index contributed by atoms with van der Waals surface area (Å²) in [7, 11) is 1.47. The van der Waals surface area contributed by atoms with Gasteiger partial charge >= 0.3 is 0 Å². The third kappa shape index (κ3) is 2.47. The molecule has 4 heteroatoms. The largest absolute Gasteiger partial charge is 0.507 e. The van der Waals surface area contributed by atoms with E-state index in [2.05, 4.69) is 0 Å². The summed E-state index contributed by atoms with van der Waals surface area (Å²) in [6.45, 7) is 0. The topological polar surface area (TPSA) is 63.6 Å². The van der Waals surface area contributed by atoms with Crippen LogP contribution in [0.2, 0.25) is 0 Å². The van der Waals surface area contributed by atoms with Gasteiger partial charge in [-0.1, -0.05) is 24.3 Å². The van der Waals surface area contributed by atoms with E-state index >= 15 is 0 Å². The zero-order chi connectivity index (χ0) is 13.8. The number of rotatable bonds is 4. The number of carbonyl (C=O) groups excluding carboxylic acids is 2. The Kier molecular flexibility index (Phi) is 3.61. The molecule has 0 heterocycles. The molecule has 0 aliphatic carbocycles. The molecule has 0 aliphatic heterocycles. The van der Waals surface area contributed by atoms with E-state index in [9.17, 15) is 14.7 Å². The van der Waals surface area contributed by atoms with Crippen molar-refractivity contribution < 1.29 is 19.4 Å². The number of ketones is 1. The van der Waals surface area contributed by atoms with Gasteiger partial charge in [0.05, 0.1) is 12.7 Å². The molecular formula is C15H12O4. The van der Waals surface area contributed by atoms with Crippen molar-refractivity contribution in [3.63, 3.8) is 0 Å². The Bertz CT molecular complexity index is 632. The van der Waals surface area contributed by atoms with Crippen molar-refractivity contribution in [2.75, 3.05) is 7.11 Å². The summed E-state index contributed by atoms with van der Waals surface area (Å²) < 4.78 is 5.02. The molecule has 0 fully saturated rings. The first-order valence-electron chi connectivity index (χ1n) is 5.63. The number of ether oxygens (including phenoxy) is 1. The van der Waals surface area contributed by atoms with Crippen LogP contribution in [0.25, 0.3) is 0 Å². The number of methoxy groups -OCH3 is 1. The fraction of sp³-hybridized carbons (Fsp3) is 0.0667. The van der Waals surface area contributed by atoms with E-state index < -0.39 is 5.78 Å². The third-order valence-corrected chi connectivity index (χ3v) is 2.78. The fourth-order valence-electron chi connectivity index (χ4n) is 1.78. The second kappa shape index (κ2) is 5.35. The van der Waals surface area contributed by atoms with Crippen LogP contribution in [-0.4, -0.2) is 24.3 Å². The number of hydrogen-bond acceptors (Lipinski definition) is 4. The van der Waals surface area contributed by atoms with E-state index in [1.165, 1.54) is 19.2 Å². The molecule has 0 radical (unpaired) electrons. The minimum atomic E-state index is -0.417. The SMILES string of the molecule is COc1ccc(O)c(C(=O)c2ccccc2C=O)c1. The Labute approximate surface area is 110 Å². The predicted molar refractivity (Wildman–Crippen MR) is 69.9 cm³/mol. The van der Waals surface area contributed by atoms with E-state index in [1.54, 1.807) is 30.3 Å². The molecule has 0 saturated carbocycles. The maximum absolute atomic E-state index is 12.3. The highest BCUT2D eigenvalue weighted by Crippen LogP contribution is 2.26. The van der Waals surface area contributed by atoms with Crippen LogP contribution in [0.3, 0.4) is 0 Å². The molecule has 2 aromatic rings. The van der Waals surface area contributed by atoms with Gasteiger partial charge in [0.2, 0.25) is 0 Å². The molecule has 0 unspecified atom stereocenters. The summed E-state index contributed by atoms with van der Waals surface area (Å²) in [5, 5.41) is 9.76. The number of phenolic OH excluding ortho intramolecular Hbond substituents is 1. The van der Waals surface area contributed by atoms with Crippen LogP contribution in [0.15, 0.2) is 42.5 Å². The quantitative estimate of drug-likeness (QED) is 0.674. The maximum atomic E-state index is 12.3. The van der Waals surface area contributed by atoms with Gasteiger partial charge in [0.15, 0.2) is 12.1 Å². The van der Waals surface area contributed by atoms with E-state index in [0.29, 0.717) is 12.0 Å². The van der Waals surface area contributed by atoms with Gasteiger partial charge in [-0.25, -0.2) is 0 Å². The minimum Gasteiger partial charge on any atom is -0.507 e. The second-order valence-corrected chi connectivity index (χ2v) is 3.92. The monoisotopic (exact) mass is 256 g/mol. The highest BCUT2D eigenvalue weighted by molar-refractivity contribution is 6.14. The Morgan fingerprint density at radius 2 is 1.89 bits per heavy atom. The van der Waals surface area contributed by atoms with E-state index in [1.807, 2.05) is 0 Å². The lowest BCUT2D eigenvalue weighted by molar-refractivity contribution is 0.102. The van der Waals surface area contributed by atoms with Crippen LogP contribution >= 0.6 is 0 Å². The molecule has 19 heavy (non-hydrogen) atoms. The summed E-state index contributed by atoms with van der Waals surface area (Å²) in [6.07, 6.45) is 0.616. The molecule has 1 N–H and O–H groups in total. The van der Waals surface area contributed by atoms with Crippen molar-refractivity contribution in [3.05, 3.63) is 59.2 Å². The van der Waals surface area contributed by atoms with Gasteiger partial charge in [-0.2, -0.15) is 0 Å². The number of aldehydes is 1. The van der Waals surface area contributed by atoms with Gasteiger partial charge in [0.25, 0.3) is 0 Å². The number of carbonyl (C=O) groups is 2. The zero-order valence-corrected chi connectivity index (χ0v) is 10.3. The summed E-state index contributed by atoms with van der Waals surface area (Å²) in [6, 6.07) is 10.8.